The number of amides is 1. The number of hydrogen-bond donors (Lipinski definition) is 1. The lowest BCUT2D eigenvalue weighted by Gasteiger charge is -2.51. The van der Waals surface area contributed by atoms with E-state index in [4.69, 9.17) is 4.74 Å². The van der Waals surface area contributed by atoms with Crippen molar-refractivity contribution in [2.24, 2.45) is 5.41 Å². The van der Waals surface area contributed by atoms with E-state index in [0.29, 0.717) is 5.56 Å². The van der Waals surface area contributed by atoms with Gasteiger partial charge in [0, 0.05) is 18.7 Å². The summed E-state index contributed by atoms with van der Waals surface area (Å²) >= 11 is 0. The van der Waals surface area contributed by atoms with Crippen LogP contribution in [0.4, 0.5) is 0 Å². The van der Waals surface area contributed by atoms with E-state index in [9.17, 15) is 9.90 Å². The maximum Gasteiger partial charge on any atom is 0.253 e. The van der Waals surface area contributed by atoms with Crippen LogP contribution in [0.2, 0.25) is 0 Å². The molecule has 1 amide bonds. The van der Waals surface area contributed by atoms with Gasteiger partial charge in [-0.2, -0.15) is 0 Å². The number of carbonyl (C=O) groups excluding carboxylic acids is 1. The van der Waals surface area contributed by atoms with Crippen molar-refractivity contribution in [2.75, 3.05) is 20.2 Å². The maximum absolute atomic E-state index is 12.4. The highest BCUT2D eigenvalue weighted by Crippen LogP contribution is 2.49. The van der Waals surface area contributed by atoms with Crippen LogP contribution >= 0.6 is 0 Å². The number of likely N-dealkylation sites (tertiary alicyclic amines) is 1. The molecule has 3 rings (SSSR count). The molecule has 1 aliphatic carbocycles. The summed E-state index contributed by atoms with van der Waals surface area (Å²) in [6.07, 6.45) is 3.73. The standard InChI is InChI=1S/C16H21NO3/c1-20-13-4-2-12(3-5-13)15(19)17-10-8-16(9-11-17)7-6-14(16)18/h2-5,14,18H,6-11H2,1H3. The van der Waals surface area contributed by atoms with Crippen molar-refractivity contribution in [2.45, 2.75) is 31.8 Å². The van der Waals surface area contributed by atoms with Crippen LogP contribution in [0, 0.1) is 5.41 Å². The average molecular weight is 275 g/mol. The summed E-state index contributed by atoms with van der Waals surface area (Å²) in [5, 5.41) is 9.91. The highest BCUT2D eigenvalue weighted by molar-refractivity contribution is 5.94. The van der Waals surface area contributed by atoms with Crippen molar-refractivity contribution in [1.29, 1.82) is 0 Å². The monoisotopic (exact) mass is 275 g/mol. The van der Waals surface area contributed by atoms with Crippen LogP contribution in [0.1, 0.15) is 36.0 Å². The Balaban J connectivity index is 1.63. The topological polar surface area (TPSA) is 49.8 Å². The zero-order valence-corrected chi connectivity index (χ0v) is 11.8. The van der Waals surface area contributed by atoms with Crippen LogP contribution in [-0.4, -0.2) is 42.2 Å². The van der Waals surface area contributed by atoms with E-state index >= 15 is 0 Å². The molecule has 1 saturated heterocycles. The second-order valence-corrected chi connectivity index (χ2v) is 5.94. The summed E-state index contributed by atoms with van der Waals surface area (Å²) in [5.41, 5.74) is 0.812. The first kappa shape index (κ1) is 13.4. The Morgan fingerprint density at radius 1 is 1.25 bits per heavy atom. The second-order valence-electron chi connectivity index (χ2n) is 5.94. The quantitative estimate of drug-likeness (QED) is 0.899. The molecule has 0 aromatic heterocycles. The van der Waals surface area contributed by atoms with Gasteiger partial charge in [0.05, 0.1) is 13.2 Å². The zero-order chi connectivity index (χ0) is 14.2. The van der Waals surface area contributed by atoms with Crippen molar-refractivity contribution < 1.29 is 14.6 Å². The van der Waals surface area contributed by atoms with E-state index < -0.39 is 0 Å². The molecule has 1 aliphatic heterocycles. The number of ether oxygens (including phenoxy) is 1. The summed E-state index contributed by atoms with van der Waals surface area (Å²) in [4.78, 5) is 14.3. The van der Waals surface area contributed by atoms with Gasteiger partial charge in [-0.25, -0.2) is 0 Å². The molecule has 1 spiro atoms. The van der Waals surface area contributed by atoms with Crippen LogP contribution in [0.3, 0.4) is 0 Å². The molecule has 0 bridgehead atoms. The number of carbonyl (C=O) groups is 1. The van der Waals surface area contributed by atoms with E-state index in [1.165, 1.54) is 0 Å². The molecule has 1 atom stereocenters. The van der Waals surface area contributed by atoms with Gasteiger partial charge < -0.3 is 14.7 Å². The third-order valence-corrected chi connectivity index (χ3v) is 5.01. The van der Waals surface area contributed by atoms with E-state index in [2.05, 4.69) is 0 Å². The van der Waals surface area contributed by atoms with E-state index in [1.807, 2.05) is 29.2 Å². The predicted molar refractivity (Wildman–Crippen MR) is 75.8 cm³/mol. The van der Waals surface area contributed by atoms with Crippen molar-refractivity contribution in [3.63, 3.8) is 0 Å². The number of nitrogens with zero attached hydrogens (tertiary/aromatic N) is 1. The van der Waals surface area contributed by atoms with Crippen molar-refractivity contribution >= 4 is 5.91 Å². The molecular weight excluding hydrogens is 254 g/mol. The van der Waals surface area contributed by atoms with Gasteiger partial charge in [0.15, 0.2) is 0 Å². The molecule has 1 aromatic rings. The predicted octanol–water partition coefficient (Wildman–Crippen LogP) is 2.07. The lowest BCUT2D eigenvalue weighted by molar-refractivity contribution is -0.0952. The Hall–Kier alpha value is -1.55. The first-order valence-corrected chi connectivity index (χ1v) is 7.26. The normalized spacial score (nSPS) is 24.3. The lowest BCUT2D eigenvalue weighted by Crippen LogP contribution is -2.53. The van der Waals surface area contributed by atoms with Crippen molar-refractivity contribution in [3.8, 4) is 5.75 Å². The first-order chi connectivity index (χ1) is 9.64. The summed E-state index contributed by atoms with van der Waals surface area (Å²) in [6.45, 7) is 1.50. The van der Waals surface area contributed by atoms with Gasteiger partial charge in [0.2, 0.25) is 0 Å². The van der Waals surface area contributed by atoms with E-state index in [0.717, 1.165) is 44.5 Å². The molecule has 108 valence electrons. The maximum atomic E-state index is 12.4. The summed E-state index contributed by atoms with van der Waals surface area (Å²) in [6, 6.07) is 7.25. The number of hydrogen-bond acceptors (Lipinski definition) is 3. The Labute approximate surface area is 119 Å². The second kappa shape index (κ2) is 5.09. The SMILES string of the molecule is COc1ccc(C(=O)N2CCC3(CCC3O)CC2)cc1. The lowest BCUT2D eigenvalue weighted by atomic mass is 9.61. The largest absolute Gasteiger partial charge is 0.497 e. The van der Waals surface area contributed by atoms with Crippen LogP contribution in [0.25, 0.3) is 0 Å². The third kappa shape index (κ3) is 2.18. The van der Waals surface area contributed by atoms with Crippen LogP contribution < -0.4 is 4.74 Å². The van der Waals surface area contributed by atoms with Crippen LogP contribution in [0.5, 0.6) is 5.75 Å². The summed E-state index contributed by atoms with van der Waals surface area (Å²) < 4.78 is 5.10. The number of benzene rings is 1. The molecule has 0 radical (unpaired) electrons. The molecule has 2 aliphatic rings. The van der Waals surface area contributed by atoms with Crippen LogP contribution in [-0.2, 0) is 0 Å². The fourth-order valence-electron chi connectivity index (χ4n) is 3.34. The van der Waals surface area contributed by atoms with Crippen molar-refractivity contribution in [1.82, 2.24) is 4.90 Å². The molecule has 20 heavy (non-hydrogen) atoms. The minimum atomic E-state index is -0.152. The minimum Gasteiger partial charge on any atom is -0.497 e. The number of rotatable bonds is 2. The Morgan fingerprint density at radius 2 is 1.90 bits per heavy atom. The fraction of sp³-hybridized carbons (Fsp3) is 0.562. The molecule has 1 heterocycles. The average Bonchev–Trinajstić information content (AvgIpc) is 2.53. The first-order valence-electron chi connectivity index (χ1n) is 7.26. The molecule has 1 saturated carbocycles. The van der Waals surface area contributed by atoms with Gasteiger partial charge in [-0.1, -0.05) is 0 Å². The highest BCUT2D eigenvalue weighted by atomic mass is 16.5. The molecule has 4 heteroatoms. The number of methoxy groups -OCH3 is 1. The highest BCUT2D eigenvalue weighted by Gasteiger charge is 2.47. The van der Waals surface area contributed by atoms with E-state index in [1.54, 1.807) is 7.11 Å². The molecule has 1 aromatic carbocycles. The molecule has 1 unspecified atom stereocenters. The van der Waals surface area contributed by atoms with Crippen molar-refractivity contribution in [3.05, 3.63) is 29.8 Å². The Morgan fingerprint density at radius 3 is 2.35 bits per heavy atom. The summed E-state index contributed by atoms with van der Waals surface area (Å²) in [7, 11) is 1.62. The number of piperidine rings is 1. The minimum absolute atomic E-state index is 0.0799. The Kier molecular flexibility index (Phi) is 3.42. The van der Waals surface area contributed by atoms with Gasteiger partial charge in [0.25, 0.3) is 5.91 Å². The fourth-order valence-corrected chi connectivity index (χ4v) is 3.34. The molecule has 1 N–H and O–H groups in total. The van der Waals surface area contributed by atoms with Gasteiger partial charge in [-0.15, -0.1) is 0 Å². The summed E-state index contributed by atoms with van der Waals surface area (Å²) in [5.74, 6) is 0.841. The smallest absolute Gasteiger partial charge is 0.253 e. The van der Waals surface area contributed by atoms with Gasteiger partial charge >= 0.3 is 0 Å². The molecule has 4 nitrogen and oxygen atoms in total. The van der Waals surface area contributed by atoms with Gasteiger partial charge in [-0.3, -0.25) is 4.79 Å². The van der Waals surface area contributed by atoms with Gasteiger partial charge in [0.1, 0.15) is 5.75 Å². The number of aliphatic hydroxyl groups excluding tert-OH is 1. The number of aliphatic hydroxyl groups is 1. The van der Waals surface area contributed by atoms with E-state index in [-0.39, 0.29) is 17.4 Å². The third-order valence-electron chi connectivity index (χ3n) is 5.01. The van der Waals surface area contributed by atoms with Gasteiger partial charge in [-0.05, 0) is 55.4 Å². The van der Waals surface area contributed by atoms with Crippen LogP contribution in [0.15, 0.2) is 24.3 Å². The molecule has 2 fully saturated rings. The zero-order valence-electron chi connectivity index (χ0n) is 11.8. The Bertz CT molecular complexity index is 489. The molecular formula is C16H21NO3.